The van der Waals surface area contributed by atoms with Crippen LogP contribution in [0.3, 0.4) is 0 Å². The Kier molecular flexibility index (Phi) is 4.01. The van der Waals surface area contributed by atoms with Gasteiger partial charge in [0, 0.05) is 25.0 Å². The first-order chi connectivity index (χ1) is 11.6. The van der Waals surface area contributed by atoms with E-state index in [1.807, 2.05) is 18.9 Å². The minimum absolute atomic E-state index is 0.160. The molecule has 0 bridgehead atoms. The molecule has 0 saturated carbocycles. The lowest BCUT2D eigenvalue weighted by molar-refractivity contribution is -0.131. The molecule has 1 unspecified atom stereocenters. The molecule has 0 aromatic carbocycles. The maximum absolute atomic E-state index is 12.8. The zero-order valence-corrected chi connectivity index (χ0v) is 15.1. The Morgan fingerprint density at radius 3 is 3.17 bits per heavy atom. The fourth-order valence-electron chi connectivity index (χ4n) is 2.95. The van der Waals surface area contributed by atoms with Gasteiger partial charge >= 0.3 is 0 Å². The Bertz CT molecular complexity index is 903. The summed E-state index contributed by atoms with van der Waals surface area (Å²) in [6.45, 7) is 3.46. The molecule has 0 aliphatic carbocycles. The summed E-state index contributed by atoms with van der Waals surface area (Å²) < 4.78 is 1.72. The number of thiophene rings is 1. The smallest absolute Gasteiger partial charge is 0.236 e. The molecular formula is C16H17N5OS2. The van der Waals surface area contributed by atoms with Gasteiger partial charge in [0.25, 0.3) is 0 Å². The van der Waals surface area contributed by atoms with Gasteiger partial charge in [-0.2, -0.15) is 5.10 Å². The lowest BCUT2D eigenvalue weighted by Gasteiger charge is -2.29. The first kappa shape index (κ1) is 15.6. The van der Waals surface area contributed by atoms with Crippen LogP contribution in [0.25, 0.3) is 11.0 Å². The molecule has 8 heteroatoms. The number of carbonyl (C=O) groups excluding carboxylic acids is 1. The molecule has 1 atom stereocenters. The quantitative estimate of drug-likeness (QED) is 0.531. The Labute approximate surface area is 147 Å². The van der Waals surface area contributed by atoms with Crippen LogP contribution in [0, 0.1) is 0 Å². The van der Waals surface area contributed by atoms with Crippen LogP contribution in [0.15, 0.2) is 29.0 Å². The lowest BCUT2D eigenvalue weighted by atomic mass is 10.1. The van der Waals surface area contributed by atoms with Gasteiger partial charge in [0.05, 0.1) is 16.8 Å². The number of aromatic nitrogens is 4. The summed E-state index contributed by atoms with van der Waals surface area (Å²) in [5.41, 5.74) is 2.07. The number of thioether (sulfide) groups is 1. The standard InChI is InChI=1S/C16H17N5OS2/c1-10(16(22)21-5-3-13-11(8-21)4-6-23-13)24-15-12-7-19-20(2)14(12)17-9-18-15/h4,6-7,9-10H,3,5,8H2,1-2H3. The second kappa shape index (κ2) is 6.18. The van der Waals surface area contributed by atoms with E-state index in [9.17, 15) is 4.79 Å². The van der Waals surface area contributed by atoms with Crippen molar-refractivity contribution in [1.29, 1.82) is 0 Å². The number of hydrogen-bond acceptors (Lipinski definition) is 6. The van der Waals surface area contributed by atoms with Gasteiger partial charge < -0.3 is 4.90 Å². The molecule has 0 fully saturated rings. The first-order valence-corrected chi connectivity index (χ1v) is 9.53. The second-order valence-electron chi connectivity index (χ2n) is 5.82. The van der Waals surface area contributed by atoms with Crippen LogP contribution in [-0.2, 0) is 24.8 Å². The topological polar surface area (TPSA) is 63.9 Å². The second-order valence-corrected chi connectivity index (χ2v) is 8.15. The minimum atomic E-state index is -0.191. The average molecular weight is 359 g/mol. The van der Waals surface area contributed by atoms with Crippen LogP contribution in [-0.4, -0.2) is 42.4 Å². The van der Waals surface area contributed by atoms with Gasteiger partial charge in [0.1, 0.15) is 11.4 Å². The van der Waals surface area contributed by atoms with Crippen LogP contribution in [0.1, 0.15) is 17.4 Å². The summed E-state index contributed by atoms with van der Waals surface area (Å²) in [6.07, 6.45) is 4.24. The molecule has 1 amide bonds. The van der Waals surface area contributed by atoms with Crippen molar-refractivity contribution in [2.24, 2.45) is 7.05 Å². The summed E-state index contributed by atoms with van der Waals surface area (Å²) in [6, 6.07) is 2.13. The number of rotatable bonds is 3. The van der Waals surface area contributed by atoms with E-state index in [0.717, 1.165) is 29.0 Å². The van der Waals surface area contributed by atoms with Crippen molar-refractivity contribution in [3.05, 3.63) is 34.4 Å². The molecule has 0 N–H and O–H groups in total. The molecule has 4 heterocycles. The fourth-order valence-corrected chi connectivity index (χ4v) is 4.80. The lowest BCUT2D eigenvalue weighted by Crippen LogP contribution is -2.39. The zero-order chi connectivity index (χ0) is 16.7. The maximum atomic E-state index is 12.8. The highest BCUT2D eigenvalue weighted by Crippen LogP contribution is 2.30. The maximum Gasteiger partial charge on any atom is 0.236 e. The molecule has 0 spiro atoms. The molecule has 1 aliphatic rings. The Morgan fingerprint density at radius 2 is 2.29 bits per heavy atom. The number of fused-ring (bicyclic) bond motifs is 2. The molecule has 0 saturated heterocycles. The van der Waals surface area contributed by atoms with E-state index >= 15 is 0 Å². The normalized spacial score (nSPS) is 15.5. The van der Waals surface area contributed by atoms with Gasteiger partial charge in [-0.05, 0) is 30.4 Å². The van der Waals surface area contributed by atoms with Crippen LogP contribution in [0.2, 0.25) is 0 Å². The van der Waals surface area contributed by atoms with E-state index < -0.39 is 0 Å². The van der Waals surface area contributed by atoms with E-state index in [4.69, 9.17) is 0 Å². The Balaban J connectivity index is 1.51. The van der Waals surface area contributed by atoms with Crippen molar-refractivity contribution in [3.8, 4) is 0 Å². The van der Waals surface area contributed by atoms with Crippen molar-refractivity contribution >= 4 is 40.0 Å². The van der Waals surface area contributed by atoms with Crippen molar-refractivity contribution in [2.75, 3.05) is 6.54 Å². The molecule has 4 rings (SSSR count). The van der Waals surface area contributed by atoms with Gasteiger partial charge in [0.15, 0.2) is 5.65 Å². The summed E-state index contributed by atoms with van der Waals surface area (Å²) in [4.78, 5) is 24.8. The number of hydrogen-bond donors (Lipinski definition) is 0. The Hall–Kier alpha value is -1.93. The van der Waals surface area contributed by atoms with Crippen LogP contribution < -0.4 is 0 Å². The van der Waals surface area contributed by atoms with E-state index in [1.165, 1.54) is 28.5 Å². The van der Waals surface area contributed by atoms with Crippen molar-refractivity contribution in [2.45, 2.75) is 30.2 Å². The van der Waals surface area contributed by atoms with Crippen LogP contribution >= 0.6 is 23.1 Å². The van der Waals surface area contributed by atoms with E-state index in [2.05, 4.69) is 26.5 Å². The zero-order valence-electron chi connectivity index (χ0n) is 13.5. The third-order valence-corrected chi connectivity index (χ3v) is 6.38. The predicted octanol–water partition coefficient (Wildman–Crippen LogP) is 2.49. The largest absolute Gasteiger partial charge is 0.337 e. The highest BCUT2D eigenvalue weighted by Gasteiger charge is 2.26. The molecule has 1 aliphatic heterocycles. The van der Waals surface area contributed by atoms with E-state index in [1.54, 1.807) is 22.2 Å². The van der Waals surface area contributed by atoms with Crippen LogP contribution in [0.5, 0.6) is 0 Å². The van der Waals surface area contributed by atoms with Crippen molar-refractivity contribution in [1.82, 2.24) is 24.6 Å². The van der Waals surface area contributed by atoms with Gasteiger partial charge in [-0.15, -0.1) is 11.3 Å². The van der Waals surface area contributed by atoms with Crippen LogP contribution in [0.4, 0.5) is 0 Å². The molecule has 3 aromatic rings. The molecule has 124 valence electrons. The SMILES string of the molecule is CC(Sc1ncnc2c1cnn2C)C(=O)N1CCc2sccc2C1. The molecule has 0 radical (unpaired) electrons. The van der Waals surface area contributed by atoms with Gasteiger partial charge in [-0.25, -0.2) is 9.97 Å². The van der Waals surface area contributed by atoms with Gasteiger partial charge in [-0.1, -0.05) is 11.8 Å². The van der Waals surface area contributed by atoms with Crippen molar-refractivity contribution in [3.63, 3.8) is 0 Å². The average Bonchev–Trinajstić information content (AvgIpc) is 3.21. The summed E-state index contributed by atoms with van der Waals surface area (Å²) in [5, 5.41) is 7.84. The highest BCUT2D eigenvalue weighted by atomic mass is 32.2. The summed E-state index contributed by atoms with van der Waals surface area (Å²) in [5.74, 6) is 0.160. The predicted molar refractivity (Wildman–Crippen MR) is 95.1 cm³/mol. The summed E-state index contributed by atoms with van der Waals surface area (Å²) >= 11 is 3.26. The minimum Gasteiger partial charge on any atom is -0.337 e. The first-order valence-electron chi connectivity index (χ1n) is 7.77. The number of carbonyl (C=O) groups is 1. The third kappa shape index (κ3) is 2.69. The highest BCUT2D eigenvalue weighted by molar-refractivity contribution is 8.00. The van der Waals surface area contributed by atoms with Gasteiger partial charge in [-0.3, -0.25) is 9.48 Å². The Morgan fingerprint density at radius 1 is 1.42 bits per heavy atom. The molecule has 6 nitrogen and oxygen atoms in total. The van der Waals surface area contributed by atoms with Crippen molar-refractivity contribution < 1.29 is 4.79 Å². The monoisotopic (exact) mass is 359 g/mol. The molecular weight excluding hydrogens is 342 g/mol. The molecule has 24 heavy (non-hydrogen) atoms. The fraction of sp³-hybridized carbons (Fsp3) is 0.375. The number of nitrogens with zero attached hydrogens (tertiary/aromatic N) is 5. The van der Waals surface area contributed by atoms with Gasteiger partial charge in [0.2, 0.25) is 5.91 Å². The number of aryl methyl sites for hydroxylation is 1. The summed E-state index contributed by atoms with van der Waals surface area (Å²) in [7, 11) is 1.85. The van der Waals surface area contributed by atoms with E-state index in [-0.39, 0.29) is 11.2 Å². The third-order valence-electron chi connectivity index (χ3n) is 4.25. The number of amides is 1. The van der Waals surface area contributed by atoms with E-state index in [0.29, 0.717) is 6.54 Å². The molecule has 3 aromatic heterocycles.